The Kier molecular flexibility index (Phi) is 8.11. The minimum Gasteiger partial charge on any atom is -0.456 e. The van der Waals surface area contributed by atoms with E-state index in [0.29, 0.717) is 0 Å². The second-order valence-electron chi connectivity index (χ2n) is 14.6. The number of hydrogen-bond donors (Lipinski definition) is 0. The maximum Gasteiger partial charge on any atom is 0.135 e. The molecule has 0 fully saturated rings. The molecule has 0 aliphatic carbocycles. The first kappa shape index (κ1) is 33.5. The minimum atomic E-state index is 0.852. The highest BCUT2D eigenvalue weighted by Crippen LogP contribution is 2.39. The van der Waals surface area contributed by atoms with Crippen molar-refractivity contribution in [3.8, 4) is 56.2 Å². The molecule has 11 aromatic rings. The lowest BCUT2D eigenvalue weighted by atomic mass is 10.0. The van der Waals surface area contributed by atoms with Crippen molar-refractivity contribution in [3.63, 3.8) is 0 Å². The van der Waals surface area contributed by atoms with E-state index in [9.17, 15) is 0 Å². The molecule has 11 rings (SSSR count). The van der Waals surface area contributed by atoms with Crippen LogP contribution < -0.4 is 4.90 Å². The van der Waals surface area contributed by atoms with Gasteiger partial charge < -0.3 is 18.2 Å². The summed E-state index contributed by atoms with van der Waals surface area (Å²) < 4.78 is 18.4. The number of nitrogens with zero attached hydrogens (tertiary/aromatic N) is 1. The predicted molar refractivity (Wildman–Crippen MR) is 238 cm³/mol. The maximum absolute atomic E-state index is 6.20. The van der Waals surface area contributed by atoms with E-state index in [1.54, 1.807) is 0 Å². The zero-order valence-electron chi connectivity index (χ0n) is 31.4. The second kappa shape index (κ2) is 14.0. The number of hydrogen-bond acceptors (Lipinski definition) is 4. The average molecular weight is 746 g/mol. The zero-order chi connectivity index (χ0) is 38.4. The Labute approximate surface area is 335 Å². The van der Waals surface area contributed by atoms with Gasteiger partial charge in [-0.2, -0.15) is 0 Å². The molecule has 0 saturated heterocycles. The monoisotopic (exact) mass is 745 g/mol. The van der Waals surface area contributed by atoms with Crippen molar-refractivity contribution in [2.45, 2.75) is 0 Å². The third kappa shape index (κ3) is 6.23. The van der Waals surface area contributed by atoms with Gasteiger partial charge in [-0.15, -0.1) is 0 Å². The van der Waals surface area contributed by atoms with Crippen LogP contribution >= 0.6 is 0 Å². The number of para-hydroxylation sites is 3. The fourth-order valence-corrected chi connectivity index (χ4v) is 7.85. The van der Waals surface area contributed by atoms with Crippen LogP contribution in [0.4, 0.5) is 17.1 Å². The lowest BCUT2D eigenvalue weighted by Gasteiger charge is -2.26. The molecular weight excluding hydrogens is 711 g/mol. The molecule has 0 radical (unpaired) electrons. The van der Waals surface area contributed by atoms with E-state index in [2.05, 4.69) is 163 Å². The third-order valence-corrected chi connectivity index (χ3v) is 10.9. The fourth-order valence-electron chi connectivity index (χ4n) is 7.85. The van der Waals surface area contributed by atoms with Gasteiger partial charge in [0.15, 0.2) is 0 Å². The van der Waals surface area contributed by atoms with Crippen molar-refractivity contribution < 1.29 is 13.3 Å². The molecule has 0 unspecified atom stereocenters. The summed E-state index contributed by atoms with van der Waals surface area (Å²) >= 11 is 0. The Bertz CT molecular complexity index is 2920. The summed E-state index contributed by atoms with van der Waals surface area (Å²) in [4.78, 5) is 2.30. The van der Waals surface area contributed by atoms with Crippen LogP contribution in [0, 0.1) is 0 Å². The molecule has 4 heteroatoms. The Balaban J connectivity index is 0.898. The van der Waals surface area contributed by atoms with Crippen LogP contribution in [0.1, 0.15) is 0 Å². The van der Waals surface area contributed by atoms with E-state index in [4.69, 9.17) is 13.3 Å². The molecule has 3 heterocycles. The average Bonchev–Trinajstić information content (AvgIpc) is 4.05. The van der Waals surface area contributed by atoms with Crippen LogP contribution in [-0.2, 0) is 0 Å². The summed E-state index contributed by atoms with van der Waals surface area (Å²) in [5.74, 6) is 2.59. The van der Waals surface area contributed by atoms with Crippen LogP contribution in [0.5, 0.6) is 0 Å². The summed E-state index contributed by atoms with van der Waals surface area (Å²) in [5, 5.41) is 3.31. The van der Waals surface area contributed by atoms with Crippen LogP contribution in [0.25, 0.3) is 89.1 Å². The number of benzene rings is 8. The highest BCUT2D eigenvalue weighted by Gasteiger charge is 2.16. The molecule has 8 aromatic carbocycles. The van der Waals surface area contributed by atoms with E-state index < -0.39 is 0 Å². The van der Waals surface area contributed by atoms with E-state index in [-0.39, 0.29) is 0 Å². The summed E-state index contributed by atoms with van der Waals surface area (Å²) in [6, 6.07) is 74.0. The molecule has 0 aliphatic heterocycles. The molecular formula is C54H35NO3. The van der Waals surface area contributed by atoms with Crippen molar-refractivity contribution in [2.75, 3.05) is 4.90 Å². The minimum absolute atomic E-state index is 0.852. The molecule has 0 saturated carbocycles. The largest absolute Gasteiger partial charge is 0.456 e. The molecule has 58 heavy (non-hydrogen) atoms. The van der Waals surface area contributed by atoms with Gasteiger partial charge in [0, 0.05) is 49.9 Å². The maximum atomic E-state index is 6.20. The van der Waals surface area contributed by atoms with Crippen molar-refractivity contribution in [2.24, 2.45) is 0 Å². The number of anilines is 3. The van der Waals surface area contributed by atoms with Gasteiger partial charge in [-0.25, -0.2) is 0 Å². The van der Waals surface area contributed by atoms with E-state index in [1.165, 1.54) is 0 Å². The Hall–Kier alpha value is -7.82. The molecule has 0 amide bonds. The Morgan fingerprint density at radius 3 is 0.776 bits per heavy atom. The molecule has 0 aliphatic rings. The molecule has 4 nitrogen and oxygen atoms in total. The zero-order valence-corrected chi connectivity index (χ0v) is 31.4. The van der Waals surface area contributed by atoms with Crippen LogP contribution in [0.2, 0.25) is 0 Å². The number of furan rings is 3. The van der Waals surface area contributed by atoms with Crippen LogP contribution in [0.15, 0.2) is 226 Å². The molecule has 274 valence electrons. The van der Waals surface area contributed by atoms with Gasteiger partial charge in [0.25, 0.3) is 0 Å². The quantitative estimate of drug-likeness (QED) is 0.155. The van der Waals surface area contributed by atoms with Gasteiger partial charge in [0.2, 0.25) is 0 Å². The first-order chi connectivity index (χ1) is 28.7. The van der Waals surface area contributed by atoms with E-state index in [0.717, 1.165) is 106 Å². The highest BCUT2D eigenvalue weighted by molar-refractivity contribution is 5.87. The summed E-state index contributed by atoms with van der Waals surface area (Å²) in [7, 11) is 0. The number of fused-ring (bicyclic) bond motifs is 3. The van der Waals surface area contributed by atoms with Gasteiger partial charge in [-0.3, -0.25) is 0 Å². The molecule has 0 atom stereocenters. The van der Waals surface area contributed by atoms with Gasteiger partial charge in [0.05, 0.1) is 0 Å². The molecule has 0 spiro atoms. The van der Waals surface area contributed by atoms with Crippen molar-refractivity contribution in [1.82, 2.24) is 0 Å². The standard InChI is InChI=1S/C54H35NO3/c1-4-10-49-43(7-1)33-52(56-49)40-17-13-36(14-18-40)38-21-27-46(28-22-38)55(48-31-25-42(26-32-48)54-35-45-9-3-6-12-51(45)58-54)47-29-23-39(24-30-47)37-15-19-41(20-16-37)53-34-44-8-2-5-11-50(44)57-53/h1-35H. The molecule has 0 bridgehead atoms. The third-order valence-electron chi connectivity index (χ3n) is 10.9. The van der Waals surface area contributed by atoms with Crippen LogP contribution in [-0.4, -0.2) is 0 Å². The van der Waals surface area contributed by atoms with Crippen molar-refractivity contribution >= 4 is 50.0 Å². The van der Waals surface area contributed by atoms with Gasteiger partial charge in [-0.05, 0) is 107 Å². The first-order valence-corrected chi connectivity index (χ1v) is 19.5. The smallest absolute Gasteiger partial charge is 0.135 e. The predicted octanol–water partition coefficient (Wildman–Crippen LogP) is 15.7. The first-order valence-electron chi connectivity index (χ1n) is 19.5. The Morgan fingerprint density at radius 1 is 0.241 bits per heavy atom. The normalized spacial score (nSPS) is 11.4. The summed E-state index contributed by atoms with van der Waals surface area (Å²) in [6.45, 7) is 0. The Morgan fingerprint density at radius 2 is 0.483 bits per heavy atom. The highest BCUT2D eigenvalue weighted by atomic mass is 16.3. The second-order valence-corrected chi connectivity index (χ2v) is 14.6. The summed E-state index contributed by atoms with van der Waals surface area (Å²) in [5.41, 5.74) is 13.5. The van der Waals surface area contributed by atoms with Crippen molar-refractivity contribution in [1.29, 1.82) is 0 Å². The van der Waals surface area contributed by atoms with Gasteiger partial charge in [0.1, 0.15) is 34.0 Å². The topological polar surface area (TPSA) is 42.7 Å². The van der Waals surface area contributed by atoms with E-state index >= 15 is 0 Å². The van der Waals surface area contributed by atoms with Crippen molar-refractivity contribution in [3.05, 3.63) is 212 Å². The molecule has 3 aromatic heterocycles. The summed E-state index contributed by atoms with van der Waals surface area (Å²) in [6.07, 6.45) is 0. The van der Waals surface area contributed by atoms with Crippen LogP contribution in [0.3, 0.4) is 0 Å². The SMILES string of the molecule is c1ccc2oc(-c3ccc(-c4ccc(N(c5ccc(-c6ccc(-c7cc8ccccc8o7)cc6)cc5)c5ccc(-c6cc7ccccc7o6)cc5)cc4)cc3)cc2c1. The lowest BCUT2D eigenvalue weighted by molar-refractivity contribution is 0.631. The van der Waals surface area contributed by atoms with E-state index in [1.807, 2.05) is 54.6 Å². The van der Waals surface area contributed by atoms with Gasteiger partial charge >= 0.3 is 0 Å². The molecule has 0 N–H and O–H groups in total. The fraction of sp³-hybridized carbons (Fsp3) is 0. The number of rotatable bonds is 8. The van der Waals surface area contributed by atoms with Gasteiger partial charge in [-0.1, -0.05) is 127 Å². The lowest BCUT2D eigenvalue weighted by Crippen LogP contribution is -2.09.